The molecule has 5 unspecified atom stereocenters. The molecule has 0 rings (SSSR count). The zero-order valence-electron chi connectivity index (χ0n) is 68.1. The van der Waals surface area contributed by atoms with Crippen molar-refractivity contribution in [2.75, 3.05) is 39.6 Å². The van der Waals surface area contributed by atoms with Crippen molar-refractivity contribution in [1.29, 1.82) is 0 Å². The summed E-state index contributed by atoms with van der Waals surface area (Å²) in [6, 6.07) is 0. The molecular formula is C91H146O17P2. The SMILES string of the molecule is CC/C=C\C/C=C\C/C=C\C/C=C\C/C=C\C/C=C\CCC(=O)OCC(COP(=O)(O)OCC(O)COP(=O)(O)OCC(COC(=O)CCCCCCCC/C=C\C/C=C\C/C=C\C/C=C\CC)OC(=O)CCCCCCC/C=C\C/C=C\C/C=C\CC)OC(=O)CCCCCCCCC/C=C\C/C=C\C/C=C\CC. The summed E-state index contributed by atoms with van der Waals surface area (Å²) in [5.41, 5.74) is 0. The largest absolute Gasteiger partial charge is 0.472 e. The Morgan fingerprint density at radius 3 is 0.736 bits per heavy atom. The Bertz CT molecular complexity index is 2850. The first kappa shape index (κ1) is 104. The van der Waals surface area contributed by atoms with Crippen molar-refractivity contribution in [2.24, 2.45) is 0 Å². The summed E-state index contributed by atoms with van der Waals surface area (Å²) in [6.07, 6.45) is 99.8. The van der Waals surface area contributed by atoms with Crippen LogP contribution in [0.2, 0.25) is 0 Å². The monoisotopic (exact) mass is 1570 g/mol. The van der Waals surface area contributed by atoms with Gasteiger partial charge in [0.15, 0.2) is 12.2 Å². The second kappa shape index (κ2) is 80.9. The first-order valence-electron chi connectivity index (χ1n) is 41.7. The smallest absolute Gasteiger partial charge is 0.462 e. The lowest BCUT2D eigenvalue weighted by Crippen LogP contribution is -2.30. The van der Waals surface area contributed by atoms with Crippen molar-refractivity contribution in [3.05, 3.63) is 194 Å². The second-order valence-corrected chi connectivity index (χ2v) is 29.8. The van der Waals surface area contributed by atoms with E-state index in [0.29, 0.717) is 32.1 Å². The Kier molecular flexibility index (Phi) is 76.4. The van der Waals surface area contributed by atoms with E-state index in [-0.39, 0.29) is 25.7 Å². The van der Waals surface area contributed by atoms with Crippen molar-refractivity contribution < 1.29 is 80.2 Å². The number of carbonyl (C=O) groups excluding carboxylic acids is 4. The Labute approximate surface area is 666 Å². The van der Waals surface area contributed by atoms with Crippen LogP contribution in [0.5, 0.6) is 0 Å². The highest BCUT2D eigenvalue weighted by Crippen LogP contribution is 2.45. The fraction of sp³-hybridized carbons (Fsp3) is 0.604. The average Bonchev–Trinajstić information content (AvgIpc) is 0.906. The van der Waals surface area contributed by atoms with Gasteiger partial charge in [0, 0.05) is 25.7 Å². The highest BCUT2D eigenvalue weighted by atomic mass is 31.2. The molecule has 0 aromatic rings. The molecule has 0 saturated heterocycles. The zero-order chi connectivity index (χ0) is 80.3. The van der Waals surface area contributed by atoms with Crippen LogP contribution in [0, 0.1) is 0 Å². The van der Waals surface area contributed by atoms with Gasteiger partial charge in [-0.1, -0.05) is 299 Å². The molecule has 0 saturated carbocycles. The quantitative estimate of drug-likeness (QED) is 0.0169. The maximum absolute atomic E-state index is 13.1. The van der Waals surface area contributed by atoms with Gasteiger partial charge in [0.05, 0.1) is 26.4 Å². The minimum atomic E-state index is -5.01. The van der Waals surface area contributed by atoms with E-state index in [9.17, 15) is 43.2 Å². The molecule has 0 aromatic carbocycles. The molecule has 0 amide bonds. The van der Waals surface area contributed by atoms with Crippen molar-refractivity contribution in [1.82, 2.24) is 0 Å². The summed E-state index contributed by atoms with van der Waals surface area (Å²) < 4.78 is 68.7. The first-order chi connectivity index (χ1) is 53.7. The summed E-state index contributed by atoms with van der Waals surface area (Å²) >= 11 is 0. The van der Waals surface area contributed by atoms with E-state index in [1.807, 2.05) is 18.2 Å². The fourth-order valence-electron chi connectivity index (χ4n) is 10.4. The molecule has 0 bridgehead atoms. The van der Waals surface area contributed by atoms with E-state index in [0.717, 1.165) is 212 Å². The minimum absolute atomic E-state index is 0.0264. The third-order valence-corrected chi connectivity index (χ3v) is 18.5. The van der Waals surface area contributed by atoms with Gasteiger partial charge in [0.25, 0.3) is 0 Å². The van der Waals surface area contributed by atoms with E-state index >= 15 is 0 Å². The van der Waals surface area contributed by atoms with E-state index in [2.05, 4.69) is 204 Å². The zero-order valence-corrected chi connectivity index (χ0v) is 69.9. The number of ether oxygens (including phenoxy) is 4. The molecule has 0 fully saturated rings. The Morgan fingerprint density at radius 1 is 0.255 bits per heavy atom. The summed E-state index contributed by atoms with van der Waals surface area (Å²) in [7, 11) is -10.0. The Morgan fingerprint density at radius 2 is 0.464 bits per heavy atom. The average molecular weight is 1570 g/mol. The number of carbonyl (C=O) groups is 4. The van der Waals surface area contributed by atoms with Crippen LogP contribution in [0.3, 0.4) is 0 Å². The van der Waals surface area contributed by atoms with Crippen LogP contribution < -0.4 is 0 Å². The van der Waals surface area contributed by atoms with Crippen molar-refractivity contribution in [3.63, 3.8) is 0 Å². The van der Waals surface area contributed by atoms with Gasteiger partial charge in [0.2, 0.25) is 0 Å². The van der Waals surface area contributed by atoms with Crippen LogP contribution >= 0.6 is 15.6 Å². The third kappa shape index (κ3) is 80.0. The van der Waals surface area contributed by atoms with Gasteiger partial charge in [-0.3, -0.25) is 37.3 Å². The van der Waals surface area contributed by atoms with Crippen molar-refractivity contribution >= 4 is 39.5 Å². The van der Waals surface area contributed by atoms with Crippen molar-refractivity contribution in [2.45, 2.75) is 316 Å². The van der Waals surface area contributed by atoms with Crippen molar-refractivity contribution in [3.8, 4) is 0 Å². The van der Waals surface area contributed by atoms with E-state index < -0.39 is 97.5 Å². The van der Waals surface area contributed by atoms with E-state index in [1.165, 1.54) is 0 Å². The summed E-state index contributed by atoms with van der Waals surface area (Å²) in [5, 5.41) is 10.7. The molecule has 110 heavy (non-hydrogen) atoms. The molecule has 5 atom stereocenters. The lowest BCUT2D eigenvalue weighted by atomic mass is 10.1. The summed E-state index contributed by atoms with van der Waals surface area (Å²) in [4.78, 5) is 73.2. The Hall–Kier alpha value is -6.10. The maximum atomic E-state index is 13.1. The van der Waals surface area contributed by atoms with Gasteiger partial charge < -0.3 is 33.8 Å². The molecule has 0 radical (unpaired) electrons. The molecule has 0 aliphatic rings. The highest BCUT2D eigenvalue weighted by molar-refractivity contribution is 7.47. The van der Waals surface area contributed by atoms with Crippen LogP contribution in [0.25, 0.3) is 0 Å². The number of rotatable bonds is 76. The predicted octanol–water partition coefficient (Wildman–Crippen LogP) is 24.9. The lowest BCUT2D eigenvalue weighted by Gasteiger charge is -2.21. The van der Waals surface area contributed by atoms with Gasteiger partial charge in [-0.25, -0.2) is 9.13 Å². The lowest BCUT2D eigenvalue weighted by molar-refractivity contribution is -0.161. The van der Waals surface area contributed by atoms with Gasteiger partial charge in [0.1, 0.15) is 19.3 Å². The molecule has 0 aliphatic carbocycles. The van der Waals surface area contributed by atoms with Gasteiger partial charge >= 0.3 is 39.5 Å². The number of aliphatic hydroxyl groups excluding tert-OH is 1. The summed E-state index contributed by atoms with van der Waals surface area (Å²) in [5.74, 6) is -2.33. The molecule has 17 nitrogen and oxygen atoms in total. The third-order valence-electron chi connectivity index (χ3n) is 16.6. The van der Waals surface area contributed by atoms with Crippen LogP contribution in [0.4, 0.5) is 0 Å². The molecule has 622 valence electrons. The molecule has 19 heteroatoms. The highest BCUT2D eigenvalue weighted by Gasteiger charge is 2.30. The molecule has 3 N–H and O–H groups in total. The number of unbranched alkanes of at least 4 members (excludes halogenated alkanes) is 18. The summed E-state index contributed by atoms with van der Waals surface area (Å²) in [6.45, 7) is 4.29. The van der Waals surface area contributed by atoms with Gasteiger partial charge in [-0.2, -0.15) is 0 Å². The Balaban J connectivity index is 5.49. The molecule has 0 heterocycles. The standard InChI is InChI=1S/C91H146O17P2/c1-5-9-13-17-21-25-29-33-37-40-42-45-48-51-55-59-63-67-71-75-88(93)101-81-86(107-90(95)77-73-69-65-61-57-53-47-36-32-28-24-20-16-12-8-4)83-105-109(97,98)103-79-85(92)80-104-110(99,100)106-84-87(108-91(96)78-74-70-66-62-58-54-50-44-39-35-31-27-23-19-15-11-7-3)82-102-89(94)76-72-68-64-60-56-52-49-46-43-41-38-34-30-26-22-18-14-10-6-2/h9-16,21-28,33-39,42-43,45-47,52,56,64,68,85-87,92H,5-8,17-20,29-32,40-41,44,48-51,53-55,57-63,65-67,69-84H2,1-4H3,(H,97,98)(H,99,100)/b13-9-,14-10-,15-11-,16-12-,25-21-,26-22-,27-23-,28-24-,37-33-,38-34-,39-35-,45-42-,46-43-,47-36-,56-52-,68-64-. The van der Waals surface area contributed by atoms with Crippen LogP contribution in [-0.2, 0) is 65.4 Å². The molecule has 0 aromatic heterocycles. The first-order valence-corrected chi connectivity index (χ1v) is 44.7. The number of aliphatic hydroxyl groups is 1. The molecule has 0 aliphatic heterocycles. The maximum Gasteiger partial charge on any atom is 0.472 e. The van der Waals surface area contributed by atoms with Gasteiger partial charge in [-0.15, -0.1) is 0 Å². The normalized spacial score (nSPS) is 14.8. The fourth-order valence-corrected chi connectivity index (χ4v) is 12.0. The number of phosphoric ester groups is 2. The number of phosphoric acid groups is 2. The number of esters is 4. The van der Waals surface area contributed by atoms with Crippen LogP contribution in [0.15, 0.2) is 194 Å². The number of hydrogen-bond acceptors (Lipinski definition) is 15. The number of hydrogen-bond donors (Lipinski definition) is 3. The topological polar surface area (TPSA) is 237 Å². The van der Waals surface area contributed by atoms with Crippen LogP contribution in [-0.4, -0.2) is 96.7 Å². The van der Waals surface area contributed by atoms with E-state index in [4.69, 9.17) is 37.0 Å². The number of allylic oxidation sites excluding steroid dienone is 32. The predicted molar refractivity (Wildman–Crippen MR) is 454 cm³/mol. The minimum Gasteiger partial charge on any atom is -0.462 e. The molecular weight excluding hydrogens is 1430 g/mol. The molecule has 0 spiro atoms. The van der Waals surface area contributed by atoms with Gasteiger partial charge in [-0.05, 0) is 167 Å². The van der Waals surface area contributed by atoms with E-state index in [1.54, 1.807) is 0 Å². The second-order valence-electron chi connectivity index (χ2n) is 26.9. The van der Waals surface area contributed by atoms with Crippen LogP contribution in [0.1, 0.15) is 297 Å².